The van der Waals surface area contributed by atoms with Gasteiger partial charge in [-0.1, -0.05) is 31.4 Å². The minimum Gasteiger partial charge on any atom is -0.341 e. The van der Waals surface area contributed by atoms with Gasteiger partial charge in [0.15, 0.2) is 0 Å². The van der Waals surface area contributed by atoms with Gasteiger partial charge in [0, 0.05) is 44.7 Å². The minimum atomic E-state index is -1.20. The Bertz CT molecular complexity index is 972. The Morgan fingerprint density at radius 3 is 2.20 bits per heavy atom. The Balaban J connectivity index is 1.47. The van der Waals surface area contributed by atoms with E-state index in [1.807, 2.05) is 18.7 Å². The second-order valence-electron chi connectivity index (χ2n) is 13.4. The molecule has 0 radical (unpaired) electrons. The molecule has 1 aromatic carbocycles. The molecular weight excluding hydrogens is 510 g/mol. The number of hydrogen-bond acceptors (Lipinski definition) is 3. The first-order chi connectivity index (χ1) is 18.9. The molecule has 1 aromatic rings. The van der Waals surface area contributed by atoms with Crippen molar-refractivity contribution in [1.82, 2.24) is 20.4 Å². The highest BCUT2D eigenvalue weighted by molar-refractivity contribution is 5.87. The first kappa shape index (κ1) is 30.7. The van der Waals surface area contributed by atoms with Crippen LogP contribution in [0.3, 0.4) is 0 Å². The van der Waals surface area contributed by atoms with Gasteiger partial charge in [-0.3, -0.25) is 4.79 Å². The Morgan fingerprint density at radius 1 is 1.02 bits per heavy atom. The fraction of sp³-hybridized carbons (Fsp3) is 0.750. The molecule has 1 aliphatic carbocycles. The molecule has 3 atom stereocenters. The number of carbonyl (C=O) groups excluding carboxylic acids is 2. The Hall–Kier alpha value is -2.22. The van der Waals surface area contributed by atoms with E-state index < -0.39 is 11.7 Å². The fourth-order valence-electron chi connectivity index (χ4n) is 7.31. The monoisotopic (exact) mass is 560 g/mol. The van der Waals surface area contributed by atoms with Gasteiger partial charge in [0.2, 0.25) is 5.91 Å². The smallest absolute Gasteiger partial charge is 0.318 e. The van der Waals surface area contributed by atoms with Crippen molar-refractivity contribution in [3.8, 4) is 0 Å². The lowest BCUT2D eigenvalue weighted by Crippen LogP contribution is -2.61. The zero-order chi connectivity index (χ0) is 28.9. The van der Waals surface area contributed by atoms with E-state index in [-0.39, 0.29) is 35.3 Å². The third-order valence-corrected chi connectivity index (χ3v) is 9.55. The fourth-order valence-corrected chi connectivity index (χ4v) is 7.31. The molecule has 2 aliphatic heterocycles. The van der Waals surface area contributed by atoms with Crippen molar-refractivity contribution in [2.75, 3.05) is 26.2 Å². The normalized spacial score (nSPS) is 24.9. The number of nitrogens with one attached hydrogen (secondary N) is 2. The maximum atomic E-state index is 14.6. The number of benzene rings is 1. The second kappa shape index (κ2) is 13.2. The van der Waals surface area contributed by atoms with Crippen LogP contribution in [0.2, 0.25) is 0 Å². The lowest BCUT2D eigenvalue weighted by Gasteiger charge is -2.49. The number of amides is 3. The lowest BCUT2D eigenvalue weighted by molar-refractivity contribution is -0.136. The van der Waals surface area contributed by atoms with E-state index in [9.17, 15) is 18.4 Å². The van der Waals surface area contributed by atoms with Crippen molar-refractivity contribution in [3.63, 3.8) is 0 Å². The number of hydrogen-bond donors (Lipinski definition) is 2. The summed E-state index contributed by atoms with van der Waals surface area (Å²) in [6, 6.07) is 5.52. The Labute approximate surface area is 239 Å². The number of urea groups is 1. The van der Waals surface area contributed by atoms with Crippen LogP contribution in [0.15, 0.2) is 24.3 Å². The van der Waals surface area contributed by atoms with Gasteiger partial charge in [0.05, 0.1) is 0 Å². The molecule has 2 unspecified atom stereocenters. The number of alkyl halides is 1. The summed E-state index contributed by atoms with van der Waals surface area (Å²) >= 11 is 0. The number of rotatable bonds is 8. The average molecular weight is 561 g/mol. The number of halogens is 2. The summed E-state index contributed by atoms with van der Waals surface area (Å²) in [6.07, 6.45) is 9.63. The first-order valence-corrected chi connectivity index (χ1v) is 15.5. The van der Waals surface area contributed by atoms with Gasteiger partial charge >= 0.3 is 6.03 Å². The van der Waals surface area contributed by atoms with Crippen molar-refractivity contribution in [3.05, 3.63) is 35.6 Å². The molecule has 2 heterocycles. The molecule has 6 nitrogen and oxygen atoms in total. The summed E-state index contributed by atoms with van der Waals surface area (Å²) in [6.45, 7) is 9.84. The number of piperazine rings is 1. The van der Waals surface area contributed by atoms with E-state index in [2.05, 4.69) is 10.6 Å². The summed E-state index contributed by atoms with van der Waals surface area (Å²) in [5.74, 6) is 0.176. The predicted octanol–water partition coefficient (Wildman–Crippen LogP) is 5.85. The van der Waals surface area contributed by atoms with Crippen LogP contribution in [0.4, 0.5) is 13.6 Å². The molecule has 8 heteroatoms. The van der Waals surface area contributed by atoms with Crippen molar-refractivity contribution in [1.29, 1.82) is 0 Å². The summed E-state index contributed by atoms with van der Waals surface area (Å²) in [7, 11) is 0. The molecule has 2 N–H and O–H groups in total. The maximum absolute atomic E-state index is 14.6. The number of likely N-dealkylation sites (tertiary alicyclic amines) is 1. The van der Waals surface area contributed by atoms with Gasteiger partial charge in [-0.2, -0.15) is 0 Å². The summed E-state index contributed by atoms with van der Waals surface area (Å²) in [5.41, 5.74) is -0.317. The van der Waals surface area contributed by atoms with Gasteiger partial charge in [0.1, 0.15) is 17.5 Å². The topological polar surface area (TPSA) is 64.7 Å². The average Bonchev–Trinajstić information content (AvgIpc) is 2.92. The zero-order valence-electron chi connectivity index (χ0n) is 25.0. The number of carbonyl (C=O) groups is 2. The highest BCUT2D eigenvalue weighted by Crippen LogP contribution is 2.50. The van der Waals surface area contributed by atoms with Crippen LogP contribution >= 0.6 is 0 Å². The van der Waals surface area contributed by atoms with Crippen LogP contribution in [0, 0.1) is 17.2 Å². The van der Waals surface area contributed by atoms with Gasteiger partial charge in [-0.25, -0.2) is 13.6 Å². The molecule has 1 saturated carbocycles. The quantitative estimate of drug-likeness (QED) is 0.420. The molecule has 0 spiro atoms. The van der Waals surface area contributed by atoms with E-state index in [1.54, 1.807) is 30.9 Å². The van der Waals surface area contributed by atoms with Gasteiger partial charge in [-0.05, 0) is 95.2 Å². The highest BCUT2D eigenvalue weighted by Gasteiger charge is 2.44. The third-order valence-electron chi connectivity index (χ3n) is 9.55. The van der Waals surface area contributed by atoms with Crippen LogP contribution in [-0.4, -0.2) is 71.7 Å². The molecule has 3 aliphatic rings. The van der Waals surface area contributed by atoms with E-state index >= 15 is 0 Å². The van der Waals surface area contributed by atoms with Crippen molar-refractivity contribution in [2.24, 2.45) is 11.3 Å². The van der Waals surface area contributed by atoms with Crippen LogP contribution in [0.25, 0.3) is 0 Å². The van der Waals surface area contributed by atoms with Crippen LogP contribution in [0.5, 0.6) is 0 Å². The Kier molecular flexibility index (Phi) is 10.1. The Morgan fingerprint density at radius 2 is 1.62 bits per heavy atom. The van der Waals surface area contributed by atoms with E-state index in [0.29, 0.717) is 44.9 Å². The van der Waals surface area contributed by atoms with E-state index in [1.165, 1.54) is 44.2 Å². The third kappa shape index (κ3) is 8.17. The zero-order valence-corrected chi connectivity index (χ0v) is 25.0. The summed E-state index contributed by atoms with van der Waals surface area (Å²) in [5, 5.41) is 6.48. The summed E-state index contributed by atoms with van der Waals surface area (Å²) in [4.78, 5) is 31.0. The van der Waals surface area contributed by atoms with Crippen molar-refractivity contribution in [2.45, 2.75) is 116 Å². The standard InChI is InChI=1S/C32H50F2N4O2/c1-23-21-38(22-24(2)35-23)30(40)36-28(20-25-10-12-27(33)13-11-25)29(39)37-18-16-32(17-19-37,15-14-31(3,4)34)26-8-6-5-7-9-26/h10-13,23-24,26,28,35H,5-9,14-22H2,1-4H3,(H,36,40)/t23?,24?,28-/m1/s1. The minimum absolute atomic E-state index is 0.0728. The molecule has 40 heavy (non-hydrogen) atoms. The summed E-state index contributed by atoms with van der Waals surface area (Å²) < 4.78 is 28.2. The molecule has 224 valence electrons. The van der Waals surface area contributed by atoms with Crippen LogP contribution in [-0.2, 0) is 11.2 Å². The largest absolute Gasteiger partial charge is 0.341 e. The predicted molar refractivity (Wildman–Crippen MR) is 155 cm³/mol. The molecular formula is C32H50F2N4O2. The number of nitrogens with zero attached hydrogens (tertiary/aromatic N) is 2. The van der Waals surface area contributed by atoms with Gasteiger partial charge < -0.3 is 20.4 Å². The molecule has 2 saturated heterocycles. The molecule has 4 rings (SSSR count). The highest BCUT2D eigenvalue weighted by atomic mass is 19.1. The molecule has 0 aromatic heterocycles. The van der Waals surface area contributed by atoms with E-state index in [0.717, 1.165) is 24.8 Å². The van der Waals surface area contributed by atoms with Crippen LogP contribution in [0.1, 0.15) is 91.0 Å². The first-order valence-electron chi connectivity index (χ1n) is 15.5. The lowest BCUT2D eigenvalue weighted by atomic mass is 9.61. The number of piperidine rings is 1. The van der Waals surface area contributed by atoms with Crippen LogP contribution < -0.4 is 10.6 Å². The van der Waals surface area contributed by atoms with E-state index in [4.69, 9.17) is 0 Å². The van der Waals surface area contributed by atoms with Crippen molar-refractivity contribution < 1.29 is 18.4 Å². The second-order valence-corrected chi connectivity index (χ2v) is 13.4. The maximum Gasteiger partial charge on any atom is 0.318 e. The molecule has 3 amide bonds. The molecule has 3 fully saturated rings. The molecule has 0 bridgehead atoms. The SMILES string of the molecule is CC1CN(C(=O)N[C@H](Cc2ccc(F)cc2)C(=O)N2CCC(CCC(C)(C)F)(C3CCCCC3)CC2)CC(C)N1. The van der Waals surface area contributed by atoms with Crippen molar-refractivity contribution >= 4 is 11.9 Å². The van der Waals surface area contributed by atoms with Gasteiger partial charge in [0.25, 0.3) is 0 Å². The van der Waals surface area contributed by atoms with Gasteiger partial charge in [-0.15, -0.1) is 0 Å².